The van der Waals surface area contributed by atoms with Crippen LogP contribution < -0.4 is 10.6 Å². The molecule has 1 atom stereocenters. The Kier molecular flexibility index (Phi) is 2.83. The van der Waals surface area contributed by atoms with Crippen molar-refractivity contribution in [3.63, 3.8) is 0 Å². The van der Waals surface area contributed by atoms with Crippen molar-refractivity contribution in [1.82, 2.24) is 5.32 Å². The highest BCUT2D eigenvalue weighted by atomic mass is 16.1. The SMILES string of the molecule is CNC1C=C(Nc2ccccc2)C(=O)C1. The van der Waals surface area contributed by atoms with Gasteiger partial charge in [0.2, 0.25) is 0 Å². The van der Waals surface area contributed by atoms with Gasteiger partial charge in [-0.2, -0.15) is 0 Å². The Morgan fingerprint density at radius 1 is 1.27 bits per heavy atom. The van der Waals surface area contributed by atoms with E-state index in [1.165, 1.54) is 0 Å². The van der Waals surface area contributed by atoms with Gasteiger partial charge in [0.15, 0.2) is 5.78 Å². The van der Waals surface area contributed by atoms with Gasteiger partial charge in [-0.1, -0.05) is 18.2 Å². The van der Waals surface area contributed by atoms with Crippen LogP contribution in [0.4, 0.5) is 5.69 Å². The molecule has 1 aliphatic carbocycles. The second kappa shape index (κ2) is 4.28. The van der Waals surface area contributed by atoms with Crippen molar-refractivity contribution in [2.45, 2.75) is 12.5 Å². The second-order valence-electron chi connectivity index (χ2n) is 3.59. The van der Waals surface area contributed by atoms with E-state index in [0.717, 1.165) is 5.69 Å². The van der Waals surface area contributed by atoms with E-state index >= 15 is 0 Å². The van der Waals surface area contributed by atoms with E-state index in [-0.39, 0.29) is 11.8 Å². The van der Waals surface area contributed by atoms with Crippen molar-refractivity contribution in [1.29, 1.82) is 0 Å². The summed E-state index contributed by atoms with van der Waals surface area (Å²) in [5.41, 5.74) is 1.65. The standard InChI is InChI=1S/C12H14N2O/c1-13-10-7-11(12(15)8-10)14-9-5-3-2-4-6-9/h2-7,10,13-14H,8H2,1H3. The fourth-order valence-corrected chi connectivity index (χ4v) is 1.64. The summed E-state index contributed by atoms with van der Waals surface area (Å²) in [5.74, 6) is 0.165. The lowest BCUT2D eigenvalue weighted by Gasteiger charge is -2.04. The topological polar surface area (TPSA) is 41.1 Å². The van der Waals surface area contributed by atoms with Crippen LogP contribution in [0, 0.1) is 0 Å². The molecule has 0 aromatic heterocycles. The summed E-state index contributed by atoms with van der Waals surface area (Å²) < 4.78 is 0. The number of ketones is 1. The van der Waals surface area contributed by atoms with Gasteiger partial charge in [0, 0.05) is 18.2 Å². The van der Waals surface area contributed by atoms with E-state index < -0.39 is 0 Å². The number of likely N-dealkylation sites (N-methyl/N-ethyl adjacent to an activating group) is 1. The third-order valence-corrected chi connectivity index (χ3v) is 2.50. The number of hydrogen-bond acceptors (Lipinski definition) is 3. The molecule has 1 aromatic carbocycles. The fraction of sp³-hybridized carbons (Fsp3) is 0.250. The monoisotopic (exact) mass is 202 g/mol. The van der Waals surface area contributed by atoms with Crippen molar-refractivity contribution in [3.8, 4) is 0 Å². The smallest absolute Gasteiger partial charge is 0.180 e. The van der Waals surface area contributed by atoms with E-state index in [4.69, 9.17) is 0 Å². The molecule has 0 heterocycles. The Morgan fingerprint density at radius 3 is 2.60 bits per heavy atom. The van der Waals surface area contributed by atoms with Gasteiger partial charge in [-0.05, 0) is 25.3 Å². The van der Waals surface area contributed by atoms with Gasteiger partial charge < -0.3 is 10.6 Å². The van der Waals surface area contributed by atoms with Crippen LogP contribution in [0.3, 0.4) is 0 Å². The van der Waals surface area contributed by atoms with Gasteiger partial charge in [-0.3, -0.25) is 4.79 Å². The lowest BCUT2D eigenvalue weighted by Crippen LogP contribution is -2.20. The van der Waals surface area contributed by atoms with Gasteiger partial charge in [0.05, 0.1) is 5.70 Å². The number of carbonyl (C=O) groups excluding carboxylic acids is 1. The number of hydrogen-bond donors (Lipinski definition) is 2. The average molecular weight is 202 g/mol. The number of para-hydroxylation sites is 1. The predicted octanol–water partition coefficient (Wildman–Crippen LogP) is 1.54. The molecule has 78 valence electrons. The normalized spacial score (nSPS) is 20.2. The van der Waals surface area contributed by atoms with Crippen LogP contribution in [0.2, 0.25) is 0 Å². The summed E-state index contributed by atoms with van der Waals surface area (Å²) in [6.07, 6.45) is 2.49. The summed E-state index contributed by atoms with van der Waals surface area (Å²) in [4.78, 5) is 11.6. The van der Waals surface area contributed by atoms with E-state index in [9.17, 15) is 4.79 Å². The Morgan fingerprint density at radius 2 is 2.00 bits per heavy atom. The fourth-order valence-electron chi connectivity index (χ4n) is 1.64. The highest BCUT2D eigenvalue weighted by Gasteiger charge is 2.22. The summed E-state index contributed by atoms with van der Waals surface area (Å²) >= 11 is 0. The van der Waals surface area contributed by atoms with Crippen LogP contribution in [-0.4, -0.2) is 18.9 Å². The van der Waals surface area contributed by atoms with Crippen LogP contribution in [-0.2, 0) is 4.79 Å². The minimum Gasteiger partial charge on any atom is -0.353 e. The molecule has 0 saturated carbocycles. The maximum Gasteiger partial charge on any atom is 0.180 e. The lowest BCUT2D eigenvalue weighted by atomic mass is 10.2. The minimum absolute atomic E-state index is 0.165. The van der Waals surface area contributed by atoms with E-state index in [1.807, 2.05) is 43.5 Å². The number of Topliss-reactive ketones (excluding diaryl/α,β-unsaturated/α-hetero) is 1. The van der Waals surface area contributed by atoms with Crippen molar-refractivity contribution in [2.75, 3.05) is 12.4 Å². The molecule has 0 radical (unpaired) electrons. The first-order chi connectivity index (χ1) is 7.29. The number of anilines is 1. The molecule has 1 aliphatic rings. The van der Waals surface area contributed by atoms with Gasteiger partial charge in [-0.25, -0.2) is 0 Å². The predicted molar refractivity (Wildman–Crippen MR) is 60.6 cm³/mol. The molecule has 0 saturated heterocycles. The quantitative estimate of drug-likeness (QED) is 0.781. The molecule has 2 rings (SSSR count). The molecule has 0 amide bonds. The molecule has 0 fully saturated rings. The van der Waals surface area contributed by atoms with E-state index in [1.54, 1.807) is 0 Å². The number of allylic oxidation sites excluding steroid dienone is 1. The molecule has 2 N–H and O–H groups in total. The molecule has 0 bridgehead atoms. The van der Waals surface area contributed by atoms with Crippen LogP contribution in [0.5, 0.6) is 0 Å². The van der Waals surface area contributed by atoms with Crippen molar-refractivity contribution < 1.29 is 4.79 Å². The number of carbonyl (C=O) groups is 1. The van der Waals surface area contributed by atoms with E-state index in [0.29, 0.717) is 12.1 Å². The molecule has 3 nitrogen and oxygen atoms in total. The third-order valence-electron chi connectivity index (χ3n) is 2.50. The minimum atomic E-state index is 0.165. The van der Waals surface area contributed by atoms with Gasteiger partial charge in [0.25, 0.3) is 0 Å². The highest BCUT2D eigenvalue weighted by Crippen LogP contribution is 2.17. The zero-order chi connectivity index (χ0) is 10.7. The molecule has 3 heteroatoms. The van der Waals surface area contributed by atoms with Crippen LogP contribution in [0.1, 0.15) is 6.42 Å². The number of nitrogens with one attached hydrogen (secondary N) is 2. The first-order valence-electron chi connectivity index (χ1n) is 5.04. The molecule has 15 heavy (non-hydrogen) atoms. The third kappa shape index (κ3) is 2.25. The maximum absolute atomic E-state index is 11.6. The Bertz CT molecular complexity index is 384. The van der Waals surface area contributed by atoms with Crippen LogP contribution in [0.15, 0.2) is 42.1 Å². The summed E-state index contributed by atoms with van der Waals surface area (Å²) in [6.45, 7) is 0. The first kappa shape index (κ1) is 9.93. The maximum atomic E-state index is 11.6. The number of rotatable bonds is 3. The largest absolute Gasteiger partial charge is 0.353 e. The lowest BCUT2D eigenvalue weighted by molar-refractivity contribution is -0.115. The summed E-state index contributed by atoms with van der Waals surface area (Å²) in [7, 11) is 1.86. The second-order valence-corrected chi connectivity index (χ2v) is 3.59. The van der Waals surface area contributed by atoms with E-state index in [2.05, 4.69) is 10.6 Å². The van der Waals surface area contributed by atoms with Crippen molar-refractivity contribution in [3.05, 3.63) is 42.1 Å². The van der Waals surface area contributed by atoms with Gasteiger partial charge in [0.1, 0.15) is 0 Å². The zero-order valence-electron chi connectivity index (χ0n) is 8.66. The summed E-state index contributed by atoms with van der Waals surface area (Å²) in [6, 6.07) is 9.90. The Balaban J connectivity index is 2.10. The van der Waals surface area contributed by atoms with Crippen LogP contribution >= 0.6 is 0 Å². The van der Waals surface area contributed by atoms with Crippen molar-refractivity contribution in [2.24, 2.45) is 0 Å². The molecule has 1 unspecified atom stereocenters. The van der Waals surface area contributed by atoms with Gasteiger partial charge >= 0.3 is 0 Å². The molecular weight excluding hydrogens is 188 g/mol. The molecule has 0 spiro atoms. The van der Waals surface area contributed by atoms with Gasteiger partial charge in [-0.15, -0.1) is 0 Å². The summed E-state index contributed by atoms with van der Waals surface area (Å²) in [5, 5.41) is 6.20. The Hall–Kier alpha value is -1.61. The number of benzene rings is 1. The molecule has 0 aliphatic heterocycles. The Labute approximate surface area is 89.2 Å². The average Bonchev–Trinajstić information content (AvgIpc) is 2.61. The molecular formula is C12H14N2O. The first-order valence-corrected chi connectivity index (χ1v) is 5.04. The highest BCUT2D eigenvalue weighted by molar-refractivity contribution is 6.01. The zero-order valence-corrected chi connectivity index (χ0v) is 8.66. The van der Waals surface area contributed by atoms with Crippen molar-refractivity contribution >= 4 is 11.5 Å². The molecule has 1 aromatic rings. The van der Waals surface area contributed by atoms with Crippen LogP contribution in [0.25, 0.3) is 0 Å².